The minimum atomic E-state index is -1.43. The van der Waals surface area contributed by atoms with Crippen molar-refractivity contribution in [2.45, 2.75) is 35.4 Å². The first-order chi connectivity index (χ1) is 15.2. The van der Waals surface area contributed by atoms with Gasteiger partial charge >= 0.3 is 5.97 Å². The molecule has 166 valence electrons. The van der Waals surface area contributed by atoms with Gasteiger partial charge in [-0.2, -0.15) is 4.40 Å². The molecule has 0 aliphatic rings. The van der Waals surface area contributed by atoms with Gasteiger partial charge in [-0.15, -0.1) is 0 Å². The molecule has 0 saturated carbocycles. The van der Waals surface area contributed by atoms with Crippen LogP contribution in [0.1, 0.15) is 36.7 Å². The summed E-state index contributed by atoms with van der Waals surface area (Å²) in [5, 5.41) is 0.950. The number of carbonyl (C=O) groups excluding carboxylic acids is 1. The van der Waals surface area contributed by atoms with Crippen molar-refractivity contribution in [3.8, 4) is 11.1 Å². The monoisotopic (exact) mass is 486 g/mol. The molecule has 0 saturated heterocycles. The Morgan fingerprint density at radius 1 is 1.12 bits per heavy atom. The first-order valence-electron chi connectivity index (χ1n) is 9.77. The van der Waals surface area contributed by atoms with Gasteiger partial charge in [-0.1, -0.05) is 65.8 Å². The molecule has 2 aromatic carbocycles. The third kappa shape index (κ3) is 5.65. The van der Waals surface area contributed by atoms with Gasteiger partial charge in [0.15, 0.2) is 0 Å². The third-order valence-corrected chi connectivity index (χ3v) is 7.41. The average molecular weight is 487 g/mol. The summed E-state index contributed by atoms with van der Waals surface area (Å²) in [6.45, 7) is 5.58. The van der Waals surface area contributed by atoms with Gasteiger partial charge in [0.05, 0.1) is 22.4 Å². The molecule has 0 N–H and O–H groups in total. The van der Waals surface area contributed by atoms with Crippen LogP contribution in [0.4, 0.5) is 0 Å². The molecule has 0 aliphatic heterocycles. The van der Waals surface area contributed by atoms with Crippen LogP contribution in [0, 0.1) is 0 Å². The van der Waals surface area contributed by atoms with Crippen molar-refractivity contribution in [1.82, 2.24) is 4.98 Å². The Morgan fingerprint density at radius 2 is 1.84 bits per heavy atom. The van der Waals surface area contributed by atoms with Crippen molar-refractivity contribution in [1.29, 1.82) is 0 Å². The summed E-state index contributed by atoms with van der Waals surface area (Å²) in [5.41, 5.74) is 2.80. The van der Waals surface area contributed by atoms with Crippen molar-refractivity contribution in [3.05, 3.63) is 76.9 Å². The van der Waals surface area contributed by atoms with Crippen LogP contribution in [0.2, 0.25) is 5.02 Å². The van der Waals surface area contributed by atoms with Crippen molar-refractivity contribution < 1.29 is 13.7 Å². The van der Waals surface area contributed by atoms with E-state index in [0.29, 0.717) is 26.1 Å². The molecule has 1 atom stereocenters. The first-order valence-corrected chi connectivity index (χ1v) is 12.1. The number of benzene rings is 2. The second-order valence-corrected chi connectivity index (χ2v) is 11.1. The van der Waals surface area contributed by atoms with E-state index in [4.69, 9.17) is 16.3 Å². The lowest BCUT2D eigenvalue weighted by atomic mass is 10.0. The van der Waals surface area contributed by atoms with Gasteiger partial charge < -0.3 is 4.74 Å². The molecule has 3 rings (SSSR count). The number of pyridine rings is 1. The largest absolute Gasteiger partial charge is 0.465 e. The zero-order chi connectivity index (χ0) is 23.3. The van der Waals surface area contributed by atoms with E-state index < -0.39 is 21.7 Å². The first kappa shape index (κ1) is 24.2. The number of aromatic nitrogens is 1. The standard InChI is InChI=1S/C24H23ClN2O3S2/c1-24(2,3)32(29)27-15-17-12-13-18(16-9-6-5-7-10-16)20(25)21(17)31-22-19(23(28)30-4)11-8-14-26-22/h5-15H,1-4H3. The predicted octanol–water partition coefficient (Wildman–Crippen LogP) is 6.22. The quantitative estimate of drug-likeness (QED) is 0.305. The maximum atomic E-state index is 12.5. The molecular formula is C24H23ClN2O3S2. The number of esters is 1. The number of rotatable bonds is 6. The second kappa shape index (κ2) is 10.4. The summed E-state index contributed by atoms with van der Waals surface area (Å²) in [7, 11) is -0.100. The number of hydrogen-bond acceptors (Lipinski definition) is 5. The van der Waals surface area contributed by atoms with Gasteiger partial charge in [-0.3, -0.25) is 0 Å². The summed E-state index contributed by atoms with van der Waals surface area (Å²) in [6, 6.07) is 16.9. The van der Waals surface area contributed by atoms with E-state index in [-0.39, 0.29) is 0 Å². The molecule has 0 radical (unpaired) electrons. The lowest BCUT2D eigenvalue weighted by Crippen LogP contribution is -2.19. The van der Waals surface area contributed by atoms with Gasteiger partial charge in [0.1, 0.15) is 16.0 Å². The Hall–Kier alpha value is -2.48. The fraction of sp³-hybridized carbons (Fsp3) is 0.208. The smallest absolute Gasteiger partial charge is 0.340 e. The van der Waals surface area contributed by atoms with Crippen molar-refractivity contribution >= 4 is 46.5 Å². The molecule has 0 amide bonds. The van der Waals surface area contributed by atoms with E-state index in [1.54, 1.807) is 24.5 Å². The number of carbonyl (C=O) groups is 1. The summed E-state index contributed by atoms with van der Waals surface area (Å²) in [6.07, 6.45) is 3.16. The van der Waals surface area contributed by atoms with Gasteiger partial charge in [-0.25, -0.2) is 14.0 Å². The van der Waals surface area contributed by atoms with Gasteiger partial charge in [0.2, 0.25) is 0 Å². The normalized spacial score (nSPS) is 12.7. The fourth-order valence-electron chi connectivity index (χ4n) is 2.71. The van der Waals surface area contributed by atoms with E-state index in [9.17, 15) is 9.00 Å². The molecule has 0 fully saturated rings. The molecule has 1 heterocycles. The summed E-state index contributed by atoms with van der Waals surface area (Å²) in [5.74, 6) is -0.486. The zero-order valence-corrected chi connectivity index (χ0v) is 20.6. The summed E-state index contributed by atoms with van der Waals surface area (Å²) in [4.78, 5) is 17.3. The highest BCUT2D eigenvalue weighted by Crippen LogP contribution is 2.41. The third-order valence-electron chi connectivity index (χ3n) is 4.40. The van der Waals surface area contributed by atoms with Gasteiger partial charge in [-0.05, 0) is 38.5 Å². The highest BCUT2D eigenvalue weighted by molar-refractivity contribution is 7.99. The van der Waals surface area contributed by atoms with Crippen LogP contribution in [0.3, 0.4) is 0 Å². The maximum absolute atomic E-state index is 12.5. The van der Waals surface area contributed by atoms with Crippen molar-refractivity contribution in [3.63, 3.8) is 0 Å². The molecule has 3 aromatic rings. The predicted molar refractivity (Wildman–Crippen MR) is 132 cm³/mol. The highest BCUT2D eigenvalue weighted by Gasteiger charge is 2.21. The fourth-order valence-corrected chi connectivity index (χ4v) is 4.64. The van der Waals surface area contributed by atoms with E-state index in [0.717, 1.165) is 11.1 Å². The van der Waals surface area contributed by atoms with Crippen LogP contribution < -0.4 is 0 Å². The number of ether oxygens (including phenoxy) is 1. The molecule has 0 spiro atoms. The molecule has 8 heteroatoms. The molecule has 32 heavy (non-hydrogen) atoms. The number of halogens is 1. The Morgan fingerprint density at radius 3 is 2.50 bits per heavy atom. The minimum Gasteiger partial charge on any atom is -0.465 e. The molecular weight excluding hydrogens is 464 g/mol. The van der Waals surface area contributed by atoms with Crippen LogP contribution in [-0.2, 0) is 15.7 Å². The molecule has 1 aromatic heterocycles. The number of nitrogens with zero attached hydrogens (tertiary/aromatic N) is 2. The zero-order valence-electron chi connectivity index (χ0n) is 18.2. The van der Waals surface area contributed by atoms with Crippen molar-refractivity contribution in [2.75, 3.05) is 7.11 Å². The highest BCUT2D eigenvalue weighted by atomic mass is 35.5. The maximum Gasteiger partial charge on any atom is 0.340 e. The van der Waals surface area contributed by atoms with E-state index in [1.165, 1.54) is 18.9 Å². The average Bonchev–Trinajstić information content (AvgIpc) is 2.79. The molecule has 5 nitrogen and oxygen atoms in total. The van der Waals surface area contributed by atoms with Crippen LogP contribution >= 0.6 is 23.4 Å². The summed E-state index contributed by atoms with van der Waals surface area (Å²) >= 11 is 8.11. The Bertz CT molecular complexity index is 1180. The van der Waals surface area contributed by atoms with Crippen molar-refractivity contribution in [2.24, 2.45) is 4.40 Å². The van der Waals surface area contributed by atoms with Crippen LogP contribution in [0.25, 0.3) is 11.1 Å². The number of methoxy groups -OCH3 is 1. The molecule has 1 unspecified atom stereocenters. The van der Waals surface area contributed by atoms with Crippen LogP contribution in [-0.4, -0.2) is 33.2 Å². The summed E-state index contributed by atoms with van der Waals surface area (Å²) < 4.78 is 21.1. The van der Waals surface area contributed by atoms with E-state index in [2.05, 4.69) is 9.38 Å². The van der Waals surface area contributed by atoms with E-state index in [1.807, 2.05) is 63.2 Å². The topological polar surface area (TPSA) is 68.6 Å². The minimum absolute atomic E-state index is 0.335. The lowest BCUT2D eigenvalue weighted by molar-refractivity contribution is 0.0596. The molecule has 0 bridgehead atoms. The second-order valence-electron chi connectivity index (χ2n) is 7.76. The Labute approximate surface area is 199 Å². The number of hydrogen-bond donors (Lipinski definition) is 0. The Kier molecular flexibility index (Phi) is 7.87. The van der Waals surface area contributed by atoms with Gasteiger partial charge in [0, 0.05) is 28.4 Å². The van der Waals surface area contributed by atoms with Gasteiger partial charge in [0.25, 0.3) is 0 Å². The van der Waals surface area contributed by atoms with E-state index >= 15 is 0 Å². The SMILES string of the molecule is COC(=O)c1cccnc1Sc1c(C=NS(=O)C(C)(C)C)ccc(-c2ccccc2)c1Cl. The van der Waals surface area contributed by atoms with Crippen LogP contribution in [0.5, 0.6) is 0 Å². The molecule has 0 aliphatic carbocycles. The van der Waals surface area contributed by atoms with Crippen LogP contribution in [0.15, 0.2) is 75.1 Å². The lowest BCUT2D eigenvalue weighted by Gasteiger charge is -2.15. The Balaban J connectivity index is 2.14.